The molecule has 0 fully saturated rings. The number of dihydropyridines is 1. The second-order valence-corrected chi connectivity index (χ2v) is 5.91. The maximum atomic E-state index is 9.61. The zero-order chi connectivity index (χ0) is 17.1. The van der Waals surface area contributed by atoms with E-state index in [1.54, 1.807) is 20.3 Å². The molecule has 2 rings (SSSR count). The summed E-state index contributed by atoms with van der Waals surface area (Å²) in [5.41, 5.74) is 3.13. The third-order valence-electron chi connectivity index (χ3n) is 3.82. The molecular weight excluding hydrogens is 358 g/mol. The highest BCUT2D eigenvalue weighted by atomic mass is 79.9. The average Bonchev–Trinajstić information content (AvgIpc) is 2.54. The Bertz CT molecular complexity index is 761. The number of halogens is 1. The second-order valence-electron chi connectivity index (χ2n) is 5.06. The van der Waals surface area contributed by atoms with Crippen LogP contribution in [-0.4, -0.2) is 14.2 Å². The molecule has 0 spiro atoms. The predicted octanol–water partition coefficient (Wildman–Crippen LogP) is 3.75. The van der Waals surface area contributed by atoms with Crippen LogP contribution in [0.3, 0.4) is 0 Å². The van der Waals surface area contributed by atoms with Gasteiger partial charge in [-0.15, -0.1) is 0 Å². The SMILES string of the molecule is COc1ccc(Br)c(C2C(C#N)=C(C)NC(C)=C2C#N)c1OC. The summed E-state index contributed by atoms with van der Waals surface area (Å²) >= 11 is 3.52. The number of allylic oxidation sites excluding steroid dienone is 4. The fourth-order valence-corrected chi connectivity index (χ4v) is 3.32. The van der Waals surface area contributed by atoms with Gasteiger partial charge >= 0.3 is 0 Å². The third kappa shape index (κ3) is 2.78. The molecule has 0 saturated carbocycles. The van der Waals surface area contributed by atoms with Crippen molar-refractivity contribution in [1.29, 1.82) is 10.5 Å². The van der Waals surface area contributed by atoms with Gasteiger partial charge in [0.05, 0.1) is 43.4 Å². The topological polar surface area (TPSA) is 78.1 Å². The van der Waals surface area contributed by atoms with Crippen LogP contribution < -0.4 is 14.8 Å². The molecule has 23 heavy (non-hydrogen) atoms. The molecule has 0 atom stereocenters. The first-order chi connectivity index (χ1) is 11.0. The van der Waals surface area contributed by atoms with Crippen molar-refractivity contribution in [3.8, 4) is 23.6 Å². The Balaban J connectivity index is 2.84. The Kier molecular flexibility index (Phi) is 4.98. The average molecular weight is 374 g/mol. The van der Waals surface area contributed by atoms with Crippen molar-refractivity contribution in [2.75, 3.05) is 14.2 Å². The maximum absolute atomic E-state index is 9.61. The van der Waals surface area contributed by atoms with E-state index in [2.05, 4.69) is 33.4 Å². The van der Waals surface area contributed by atoms with Crippen LogP contribution in [-0.2, 0) is 0 Å². The van der Waals surface area contributed by atoms with E-state index in [9.17, 15) is 10.5 Å². The molecule has 0 unspecified atom stereocenters. The number of hydrogen-bond acceptors (Lipinski definition) is 5. The third-order valence-corrected chi connectivity index (χ3v) is 4.51. The monoisotopic (exact) mass is 373 g/mol. The van der Waals surface area contributed by atoms with Crippen LogP contribution in [0.15, 0.2) is 39.1 Å². The number of ether oxygens (including phenoxy) is 2. The number of methoxy groups -OCH3 is 2. The van der Waals surface area contributed by atoms with Gasteiger partial charge in [-0.1, -0.05) is 15.9 Å². The molecule has 1 aliphatic heterocycles. The molecular formula is C17H16BrN3O2. The lowest BCUT2D eigenvalue weighted by atomic mass is 9.81. The van der Waals surface area contributed by atoms with Crippen LogP contribution in [0.2, 0.25) is 0 Å². The molecule has 1 aromatic rings. The van der Waals surface area contributed by atoms with Gasteiger partial charge in [0.2, 0.25) is 0 Å². The first-order valence-corrected chi connectivity index (χ1v) is 7.68. The molecule has 118 valence electrons. The quantitative estimate of drug-likeness (QED) is 0.872. The Morgan fingerprint density at radius 2 is 1.61 bits per heavy atom. The van der Waals surface area contributed by atoms with Gasteiger partial charge in [-0.05, 0) is 26.0 Å². The zero-order valence-electron chi connectivity index (χ0n) is 13.3. The highest BCUT2D eigenvalue weighted by molar-refractivity contribution is 9.10. The standard InChI is InChI=1S/C17H16BrN3O2/c1-9-11(7-19)15(12(8-20)10(2)21-9)16-13(18)5-6-14(22-3)17(16)23-4/h5-6,15,21H,1-4H3. The van der Waals surface area contributed by atoms with E-state index in [-0.39, 0.29) is 0 Å². The number of nitriles is 2. The zero-order valence-corrected chi connectivity index (χ0v) is 14.9. The van der Waals surface area contributed by atoms with Gasteiger partial charge in [0, 0.05) is 21.4 Å². The van der Waals surface area contributed by atoms with Crippen molar-refractivity contribution in [1.82, 2.24) is 5.32 Å². The minimum atomic E-state index is -0.509. The molecule has 0 aromatic heterocycles. The van der Waals surface area contributed by atoms with Crippen LogP contribution in [0.1, 0.15) is 25.3 Å². The Morgan fingerprint density at radius 1 is 1.04 bits per heavy atom. The second kappa shape index (κ2) is 6.76. The van der Waals surface area contributed by atoms with E-state index in [1.165, 1.54) is 0 Å². The summed E-state index contributed by atoms with van der Waals surface area (Å²) in [5.74, 6) is 0.551. The van der Waals surface area contributed by atoms with Crippen LogP contribution >= 0.6 is 15.9 Å². The normalized spacial score (nSPS) is 14.9. The highest BCUT2D eigenvalue weighted by Gasteiger charge is 2.34. The summed E-state index contributed by atoms with van der Waals surface area (Å²) in [7, 11) is 3.09. The summed E-state index contributed by atoms with van der Waals surface area (Å²) in [5, 5.41) is 22.3. The van der Waals surface area contributed by atoms with E-state index in [0.717, 1.165) is 15.9 Å². The van der Waals surface area contributed by atoms with Gasteiger partial charge in [-0.25, -0.2) is 0 Å². The van der Waals surface area contributed by atoms with E-state index in [1.807, 2.05) is 19.9 Å². The van der Waals surface area contributed by atoms with Crippen molar-refractivity contribution < 1.29 is 9.47 Å². The van der Waals surface area contributed by atoms with Gasteiger partial charge in [0.15, 0.2) is 11.5 Å². The number of nitrogens with zero attached hydrogens (tertiary/aromatic N) is 2. The first kappa shape index (κ1) is 16.9. The molecule has 1 aromatic carbocycles. The van der Waals surface area contributed by atoms with Crippen molar-refractivity contribution >= 4 is 15.9 Å². The molecule has 1 aliphatic rings. The Hall–Kier alpha value is -2.44. The summed E-state index contributed by atoms with van der Waals surface area (Å²) < 4.78 is 11.6. The molecule has 6 heteroatoms. The lowest BCUT2D eigenvalue weighted by molar-refractivity contribution is 0.351. The number of benzene rings is 1. The number of nitrogens with one attached hydrogen (secondary N) is 1. The van der Waals surface area contributed by atoms with Crippen molar-refractivity contribution in [2.45, 2.75) is 19.8 Å². The van der Waals surface area contributed by atoms with Crippen LogP contribution in [0, 0.1) is 22.7 Å². The van der Waals surface area contributed by atoms with Crippen molar-refractivity contribution in [3.63, 3.8) is 0 Å². The highest BCUT2D eigenvalue weighted by Crippen LogP contribution is 2.47. The summed E-state index contributed by atoms with van der Waals surface area (Å²) in [4.78, 5) is 0. The summed E-state index contributed by atoms with van der Waals surface area (Å²) in [6, 6.07) is 8.04. The maximum Gasteiger partial charge on any atom is 0.166 e. The van der Waals surface area contributed by atoms with Gasteiger partial charge < -0.3 is 14.8 Å². The minimum absolute atomic E-state index is 0.486. The predicted molar refractivity (Wildman–Crippen MR) is 89.7 cm³/mol. The van der Waals surface area contributed by atoms with Crippen LogP contribution in [0.25, 0.3) is 0 Å². The molecule has 5 nitrogen and oxygen atoms in total. The molecule has 0 bridgehead atoms. The Morgan fingerprint density at radius 3 is 2.04 bits per heavy atom. The van der Waals surface area contributed by atoms with Crippen LogP contribution in [0.4, 0.5) is 0 Å². The van der Waals surface area contributed by atoms with Crippen LogP contribution in [0.5, 0.6) is 11.5 Å². The van der Waals surface area contributed by atoms with Gasteiger partial charge in [0.25, 0.3) is 0 Å². The van der Waals surface area contributed by atoms with E-state index >= 15 is 0 Å². The van der Waals surface area contributed by atoms with Crippen molar-refractivity contribution in [3.05, 3.63) is 44.7 Å². The largest absolute Gasteiger partial charge is 0.493 e. The molecule has 0 saturated heterocycles. The molecule has 0 amide bonds. The van der Waals surface area contributed by atoms with E-state index in [4.69, 9.17) is 9.47 Å². The fourth-order valence-electron chi connectivity index (χ4n) is 2.77. The smallest absolute Gasteiger partial charge is 0.166 e. The van der Waals surface area contributed by atoms with Gasteiger partial charge in [-0.2, -0.15) is 10.5 Å². The van der Waals surface area contributed by atoms with Crippen molar-refractivity contribution in [2.24, 2.45) is 0 Å². The lowest BCUT2D eigenvalue weighted by Gasteiger charge is -2.28. The van der Waals surface area contributed by atoms with E-state index in [0.29, 0.717) is 28.2 Å². The summed E-state index contributed by atoms with van der Waals surface area (Å²) in [6.45, 7) is 3.65. The van der Waals surface area contributed by atoms with Gasteiger partial charge in [0.1, 0.15) is 0 Å². The minimum Gasteiger partial charge on any atom is -0.493 e. The fraction of sp³-hybridized carbons (Fsp3) is 0.294. The lowest BCUT2D eigenvalue weighted by Crippen LogP contribution is -2.24. The van der Waals surface area contributed by atoms with E-state index < -0.39 is 5.92 Å². The molecule has 0 aliphatic carbocycles. The molecule has 1 N–H and O–H groups in total. The first-order valence-electron chi connectivity index (χ1n) is 6.89. The number of hydrogen-bond donors (Lipinski definition) is 1. The molecule has 0 radical (unpaired) electrons. The summed E-state index contributed by atoms with van der Waals surface area (Å²) in [6.07, 6.45) is 0. The number of rotatable bonds is 3. The Labute approximate surface area is 143 Å². The van der Waals surface area contributed by atoms with Gasteiger partial charge in [-0.3, -0.25) is 0 Å². The molecule has 1 heterocycles.